The molecular weight excluding hydrogens is 188 g/mol. The molecule has 0 radical (unpaired) electrons. The van der Waals surface area contributed by atoms with Crippen molar-refractivity contribution in [3.63, 3.8) is 0 Å². The Morgan fingerprint density at radius 2 is 1.80 bits per heavy atom. The summed E-state index contributed by atoms with van der Waals surface area (Å²) in [5.41, 5.74) is 1.79. The highest BCUT2D eigenvalue weighted by molar-refractivity contribution is 6.07. The number of hydrogen-bond donors (Lipinski definition) is 1. The molecule has 15 heavy (non-hydrogen) atoms. The van der Waals surface area contributed by atoms with Crippen molar-refractivity contribution < 1.29 is 9.90 Å². The van der Waals surface area contributed by atoms with Gasteiger partial charge in [-0.2, -0.15) is 0 Å². The van der Waals surface area contributed by atoms with Crippen molar-refractivity contribution in [3.8, 4) is 5.75 Å². The van der Waals surface area contributed by atoms with Gasteiger partial charge < -0.3 is 5.11 Å². The number of hydrogen-bond acceptors (Lipinski definition) is 2. The minimum Gasteiger partial charge on any atom is -0.507 e. The lowest BCUT2D eigenvalue weighted by atomic mass is 10.00. The molecule has 0 spiro atoms. The number of phenolic OH excluding ortho intramolecular Hbond substituents is 1. The number of ketones is 1. The molecule has 1 N–H and O–H groups in total. The zero-order valence-electron chi connectivity index (χ0n) is 8.16. The van der Waals surface area contributed by atoms with Crippen molar-refractivity contribution in [2.45, 2.75) is 12.8 Å². The summed E-state index contributed by atoms with van der Waals surface area (Å²) in [4.78, 5) is 11.6. The number of phenols is 1. The number of aryl methyl sites for hydroxylation is 1. The van der Waals surface area contributed by atoms with Gasteiger partial charge in [0.15, 0.2) is 5.78 Å². The van der Waals surface area contributed by atoms with Gasteiger partial charge in [-0.1, -0.05) is 24.3 Å². The minimum atomic E-state index is 0.144. The molecule has 0 aromatic heterocycles. The predicted molar refractivity (Wildman–Crippen MR) is 58.3 cm³/mol. The van der Waals surface area contributed by atoms with E-state index >= 15 is 0 Å². The van der Waals surface area contributed by atoms with Gasteiger partial charge in [0.2, 0.25) is 0 Å². The molecule has 2 nitrogen and oxygen atoms in total. The summed E-state index contributed by atoms with van der Waals surface area (Å²) in [5.74, 6) is 0.352. The zero-order chi connectivity index (χ0) is 10.4. The van der Waals surface area contributed by atoms with E-state index < -0.39 is 0 Å². The standard InChI is InChI=1S/C13H10O2/c14-12-6-5-9-8-3-1-2-4-10(8)13(15)7-11(9)12/h1-4,7,15H,5-6H2. The van der Waals surface area contributed by atoms with Crippen molar-refractivity contribution in [3.05, 3.63) is 41.5 Å². The fraction of sp³-hybridized carbons (Fsp3) is 0.154. The molecule has 0 bridgehead atoms. The van der Waals surface area contributed by atoms with E-state index in [4.69, 9.17) is 0 Å². The Labute approximate surface area is 87.2 Å². The Kier molecular flexibility index (Phi) is 1.60. The van der Waals surface area contributed by atoms with Crippen LogP contribution in [0.2, 0.25) is 0 Å². The zero-order valence-corrected chi connectivity index (χ0v) is 8.16. The van der Waals surface area contributed by atoms with Gasteiger partial charge in [0.05, 0.1) is 0 Å². The van der Waals surface area contributed by atoms with E-state index in [2.05, 4.69) is 0 Å². The van der Waals surface area contributed by atoms with Crippen molar-refractivity contribution in [2.75, 3.05) is 0 Å². The molecule has 0 fully saturated rings. The summed E-state index contributed by atoms with van der Waals surface area (Å²) in [5, 5.41) is 11.7. The molecule has 0 saturated carbocycles. The maximum atomic E-state index is 11.6. The quantitative estimate of drug-likeness (QED) is 0.706. The van der Waals surface area contributed by atoms with Crippen LogP contribution in [0.1, 0.15) is 22.3 Å². The number of rotatable bonds is 0. The van der Waals surface area contributed by atoms with Gasteiger partial charge in [-0.25, -0.2) is 0 Å². The van der Waals surface area contributed by atoms with E-state index in [0.717, 1.165) is 22.8 Å². The average molecular weight is 198 g/mol. The Balaban J connectivity index is 2.48. The molecule has 0 saturated heterocycles. The van der Waals surface area contributed by atoms with Crippen molar-refractivity contribution in [1.29, 1.82) is 0 Å². The summed E-state index contributed by atoms with van der Waals surface area (Å²) in [7, 11) is 0. The van der Waals surface area contributed by atoms with E-state index in [-0.39, 0.29) is 11.5 Å². The van der Waals surface area contributed by atoms with Crippen LogP contribution in [0.15, 0.2) is 30.3 Å². The third-order valence-corrected chi connectivity index (χ3v) is 3.04. The van der Waals surface area contributed by atoms with Crippen LogP contribution >= 0.6 is 0 Å². The third kappa shape index (κ3) is 1.08. The molecule has 0 aliphatic heterocycles. The first-order valence-corrected chi connectivity index (χ1v) is 5.04. The van der Waals surface area contributed by atoms with E-state index in [1.165, 1.54) is 0 Å². The molecule has 0 atom stereocenters. The molecule has 0 amide bonds. The van der Waals surface area contributed by atoms with Crippen LogP contribution in [0.4, 0.5) is 0 Å². The molecule has 74 valence electrons. The number of aromatic hydroxyl groups is 1. The van der Waals surface area contributed by atoms with Crippen molar-refractivity contribution >= 4 is 16.6 Å². The number of benzene rings is 2. The SMILES string of the molecule is O=C1CCc2c1cc(O)c1ccccc21. The van der Waals surface area contributed by atoms with E-state index in [1.807, 2.05) is 24.3 Å². The van der Waals surface area contributed by atoms with Crippen LogP contribution in [-0.2, 0) is 6.42 Å². The van der Waals surface area contributed by atoms with E-state index in [0.29, 0.717) is 12.0 Å². The third-order valence-electron chi connectivity index (χ3n) is 3.04. The lowest BCUT2D eigenvalue weighted by Gasteiger charge is -2.06. The van der Waals surface area contributed by atoms with Crippen molar-refractivity contribution in [2.24, 2.45) is 0 Å². The maximum Gasteiger partial charge on any atom is 0.163 e. The van der Waals surface area contributed by atoms with E-state index in [9.17, 15) is 9.90 Å². The second-order valence-electron chi connectivity index (χ2n) is 3.89. The molecule has 3 rings (SSSR count). The first-order chi connectivity index (χ1) is 7.27. The second-order valence-corrected chi connectivity index (χ2v) is 3.89. The number of carbonyl (C=O) groups is 1. The van der Waals surface area contributed by atoms with Gasteiger partial charge in [0.25, 0.3) is 0 Å². The lowest BCUT2D eigenvalue weighted by Crippen LogP contribution is -1.91. The smallest absolute Gasteiger partial charge is 0.163 e. The Hall–Kier alpha value is -1.83. The van der Waals surface area contributed by atoms with Gasteiger partial charge in [-0.15, -0.1) is 0 Å². The number of Topliss-reactive ketones (excluding diaryl/α,β-unsaturated/α-hetero) is 1. The molecule has 0 heterocycles. The second kappa shape index (κ2) is 2.83. The Morgan fingerprint density at radius 3 is 2.60 bits per heavy atom. The summed E-state index contributed by atoms with van der Waals surface area (Å²) in [6.07, 6.45) is 1.37. The Morgan fingerprint density at radius 1 is 1.07 bits per heavy atom. The summed E-state index contributed by atoms with van der Waals surface area (Å²) >= 11 is 0. The molecule has 2 aromatic carbocycles. The van der Waals surface area contributed by atoms with Crippen molar-refractivity contribution in [1.82, 2.24) is 0 Å². The predicted octanol–water partition coefficient (Wildman–Crippen LogP) is 2.67. The van der Waals surface area contributed by atoms with Gasteiger partial charge in [0, 0.05) is 17.4 Å². The molecule has 0 unspecified atom stereocenters. The van der Waals surface area contributed by atoms with Crippen LogP contribution in [0.3, 0.4) is 0 Å². The fourth-order valence-electron chi connectivity index (χ4n) is 2.31. The van der Waals surface area contributed by atoms with Gasteiger partial charge >= 0.3 is 0 Å². The molecule has 1 aliphatic rings. The topological polar surface area (TPSA) is 37.3 Å². The van der Waals surface area contributed by atoms with E-state index in [1.54, 1.807) is 6.07 Å². The van der Waals surface area contributed by atoms with Gasteiger partial charge in [-0.05, 0) is 23.4 Å². The van der Waals surface area contributed by atoms with Gasteiger partial charge in [0.1, 0.15) is 5.75 Å². The van der Waals surface area contributed by atoms with Gasteiger partial charge in [-0.3, -0.25) is 4.79 Å². The highest BCUT2D eigenvalue weighted by atomic mass is 16.3. The lowest BCUT2D eigenvalue weighted by molar-refractivity contribution is 0.0994. The number of fused-ring (bicyclic) bond motifs is 3. The minimum absolute atomic E-state index is 0.144. The average Bonchev–Trinajstić information content (AvgIpc) is 2.62. The highest BCUT2D eigenvalue weighted by Crippen LogP contribution is 2.35. The Bertz CT molecular complexity index is 570. The fourth-order valence-corrected chi connectivity index (χ4v) is 2.31. The monoisotopic (exact) mass is 198 g/mol. The molecule has 1 aliphatic carbocycles. The number of carbonyl (C=O) groups excluding carboxylic acids is 1. The molecule has 2 heteroatoms. The van der Waals surface area contributed by atoms with Crippen LogP contribution < -0.4 is 0 Å². The first kappa shape index (κ1) is 8.48. The van der Waals surface area contributed by atoms with Crippen LogP contribution in [0, 0.1) is 0 Å². The first-order valence-electron chi connectivity index (χ1n) is 5.04. The summed E-state index contributed by atoms with van der Waals surface area (Å²) < 4.78 is 0. The van der Waals surface area contributed by atoms with Crippen LogP contribution in [-0.4, -0.2) is 10.9 Å². The van der Waals surface area contributed by atoms with Crippen LogP contribution in [0.25, 0.3) is 10.8 Å². The normalized spacial score (nSPS) is 14.5. The largest absolute Gasteiger partial charge is 0.507 e. The summed E-state index contributed by atoms with van der Waals surface area (Å²) in [6.45, 7) is 0. The molecular formula is C13H10O2. The maximum absolute atomic E-state index is 11.6. The highest BCUT2D eigenvalue weighted by Gasteiger charge is 2.22. The molecule has 2 aromatic rings. The van der Waals surface area contributed by atoms with Crippen LogP contribution in [0.5, 0.6) is 5.75 Å². The summed E-state index contributed by atoms with van der Waals surface area (Å²) in [6, 6.07) is 9.28.